The summed E-state index contributed by atoms with van der Waals surface area (Å²) in [7, 11) is 0. The van der Waals surface area contributed by atoms with Gasteiger partial charge in [0.2, 0.25) is 0 Å². The lowest BCUT2D eigenvalue weighted by Gasteiger charge is -2.75. The fraction of sp³-hybridized carbons (Fsp3) is 0.929. The molecule has 0 aromatic rings. The number of carbonyl (C=O) groups is 1. The molecule has 4 nitrogen and oxygen atoms in total. The molecule has 4 bridgehead atoms. The van der Waals surface area contributed by atoms with Crippen LogP contribution in [0.2, 0.25) is 0 Å². The topological polar surface area (TPSA) is 55.8 Å². The summed E-state index contributed by atoms with van der Waals surface area (Å²) in [6, 6.07) is 0. The number of alkyl halides is 15. The first-order valence-electron chi connectivity index (χ1n) is 8.18. The summed E-state index contributed by atoms with van der Waals surface area (Å²) in [5.74, 6) is -48.2. The molecule has 4 saturated carbocycles. The third kappa shape index (κ3) is 1.86. The molecular weight excluding hydrogens is 534 g/mol. The molecule has 0 heterocycles. The first kappa shape index (κ1) is 26.3. The molecule has 192 valence electrons. The van der Waals surface area contributed by atoms with Crippen LogP contribution in [0.25, 0.3) is 0 Å². The van der Waals surface area contributed by atoms with E-state index in [2.05, 4.69) is 9.47 Å². The van der Waals surface area contributed by atoms with E-state index in [1.165, 1.54) is 0 Å². The Kier molecular flexibility index (Phi) is 4.85. The van der Waals surface area contributed by atoms with Crippen molar-refractivity contribution < 1.29 is 80.8 Å². The third-order valence-electron chi connectivity index (χ3n) is 6.06. The van der Waals surface area contributed by atoms with Crippen molar-refractivity contribution in [2.75, 3.05) is 19.1 Å². The highest BCUT2D eigenvalue weighted by molar-refractivity contribution is 6.26. The highest BCUT2D eigenvalue weighted by Gasteiger charge is 3.22. The maximum atomic E-state index is 14.8. The molecular formula is C14H7ClF14O4. The molecule has 2 atom stereocenters. The highest BCUT2D eigenvalue weighted by Crippen LogP contribution is 2.87. The zero-order valence-electron chi connectivity index (χ0n) is 15.0. The zero-order chi connectivity index (χ0) is 26.1. The van der Waals surface area contributed by atoms with E-state index in [1.54, 1.807) is 0 Å². The minimum atomic E-state index is -7.79. The largest absolute Gasteiger partial charge is 0.462 e. The molecule has 0 spiro atoms. The molecule has 0 aliphatic heterocycles. The molecule has 4 rings (SSSR count). The summed E-state index contributed by atoms with van der Waals surface area (Å²) >= 11 is 4.91. The van der Waals surface area contributed by atoms with Crippen LogP contribution < -0.4 is 0 Å². The second-order valence-corrected chi connectivity index (χ2v) is 7.62. The Bertz CT molecular complexity index is 778. The van der Waals surface area contributed by atoms with Gasteiger partial charge in [0.1, 0.15) is 12.5 Å². The van der Waals surface area contributed by atoms with E-state index in [4.69, 9.17) is 11.6 Å². The molecule has 4 fully saturated rings. The first-order chi connectivity index (χ1) is 14.5. The molecule has 0 amide bonds. The molecule has 0 radical (unpaired) electrons. The van der Waals surface area contributed by atoms with E-state index < -0.39 is 83.1 Å². The number of carbonyl (C=O) groups excluding carboxylic acids is 1. The molecule has 0 saturated heterocycles. The second-order valence-electron chi connectivity index (χ2n) is 7.36. The fourth-order valence-electron chi connectivity index (χ4n) is 4.50. The van der Waals surface area contributed by atoms with Crippen molar-refractivity contribution in [1.29, 1.82) is 0 Å². The summed E-state index contributed by atoms with van der Waals surface area (Å²) in [6.45, 7) is -3.90. The van der Waals surface area contributed by atoms with E-state index in [0.717, 1.165) is 0 Å². The fourth-order valence-corrected chi connectivity index (χ4v) is 4.58. The SMILES string of the molecule is O=C(CCl)OCCOC12C(F)(F)C3(O)C(F)(F)C(F)(C(F)(F)C(F)(C3(F)F)C1(F)F)C2(F)F. The van der Waals surface area contributed by atoms with Gasteiger partial charge in [-0.15, -0.1) is 11.6 Å². The van der Waals surface area contributed by atoms with Crippen molar-refractivity contribution in [3.05, 3.63) is 0 Å². The van der Waals surface area contributed by atoms with Gasteiger partial charge in [0.05, 0.1) is 6.61 Å². The molecule has 19 heteroatoms. The number of hydrogen-bond acceptors (Lipinski definition) is 4. The van der Waals surface area contributed by atoms with Crippen LogP contribution in [0.5, 0.6) is 0 Å². The minimum Gasteiger partial charge on any atom is -0.462 e. The van der Waals surface area contributed by atoms with Crippen molar-refractivity contribution >= 4 is 17.6 Å². The van der Waals surface area contributed by atoms with Crippen molar-refractivity contribution in [3.63, 3.8) is 0 Å². The highest BCUT2D eigenvalue weighted by atomic mass is 35.5. The lowest BCUT2D eigenvalue weighted by Crippen LogP contribution is -3.10. The third-order valence-corrected chi connectivity index (χ3v) is 6.28. The number of esters is 1. The number of ether oxygens (including phenoxy) is 2. The lowest BCUT2D eigenvalue weighted by molar-refractivity contribution is -0.627. The van der Waals surface area contributed by atoms with Crippen LogP contribution >= 0.6 is 11.6 Å². The van der Waals surface area contributed by atoms with Crippen LogP contribution in [-0.4, -0.2) is 88.2 Å². The van der Waals surface area contributed by atoms with E-state index in [0.29, 0.717) is 0 Å². The summed E-state index contributed by atoms with van der Waals surface area (Å²) in [4.78, 5) is 10.8. The van der Waals surface area contributed by atoms with Crippen molar-refractivity contribution in [1.82, 2.24) is 0 Å². The van der Waals surface area contributed by atoms with E-state index in [9.17, 15) is 71.4 Å². The molecule has 0 aromatic heterocycles. The first-order valence-corrected chi connectivity index (χ1v) is 8.71. The van der Waals surface area contributed by atoms with Gasteiger partial charge in [0.25, 0.3) is 11.2 Å². The van der Waals surface area contributed by atoms with Gasteiger partial charge in [-0.1, -0.05) is 0 Å². The van der Waals surface area contributed by atoms with E-state index in [1.807, 2.05) is 0 Å². The van der Waals surface area contributed by atoms with Crippen LogP contribution in [0.3, 0.4) is 0 Å². The van der Waals surface area contributed by atoms with Gasteiger partial charge in [-0.05, 0) is 0 Å². The number of rotatable bonds is 5. The Morgan fingerprint density at radius 2 is 1.03 bits per heavy atom. The standard InChI is InChI=1S/C14H7ClF14O4/c15-3-4(30)32-1-2-33-8-12(24,25)5(16)9(18,19)6(17,13(8,26)27)11(22,23)7(31,10(5,20)21)14(8,28)29/h31H,1-3H2. The Hall–Kier alpha value is -1.30. The Morgan fingerprint density at radius 3 is 1.39 bits per heavy atom. The van der Waals surface area contributed by atoms with Crippen molar-refractivity contribution in [2.45, 2.75) is 58.1 Å². The van der Waals surface area contributed by atoms with Gasteiger partial charge in [-0.3, -0.25) is 4.79 Å². The van der Waals surface area contributed by atoms with Gasteiger partial charge in [0.15, 0.2) is 0 Å². The smallest absolute Gasteiger partial charge is 0.339 e. The van der Waals surface area contributed by atoms with Crippen LogP contribution in [-0.2, 0) is 14.3 Å². The average Bonchev–Trinajstić information content (AvgIpc) is 2.67. The van der Waals surface area contributed by atoms with Crippen molar-refractivity contribution in [3.8, 4) is 0 Å². The monoisotopic (exact) mass is 540 g/mol. The van der Waals surface area contributed by atoms with Crippen LogP contribution in [0.15, 0.2) is 0 Å². The van der Waals surface area contributed by atoms with E-state index in [-0.39, 0.29) is 0 Å². The number of halogens is 15. The molecule has 1 N–H and O–H groups in total. The summed E-state index contributed by atoms with van der Waals surface area (Å²) in [5, 5.41) is 9.45. The van der Waals surface area contributed by atoms with Crippen LogP contribution in [0.1, 0.15) is 0 Å². The Labute approximate surface area is 176 Å². The maximum absolute atomic E-state index is 14.8. The van der Waals surface area contributed by atoms with Gasteiger partial charge >= 0.3 is 52.8 Å². The Morgan fingerprint density at radius 1 is 0.636 bits per heavy atom. The molecule has 4 aliphatic rings. The normalized spacial score (nSPS) is 44.5. The predicted molar refractivity (Wildman–Crippen MR) is 72.7 cm³/mol. The summed E-state index contributed by atoms with van der Waals surface area (Å²) in [5.41, 5.74) is -29.3. The molecule has 2 unspecified atom stereocenters. The lowest BCUT2D eigenvalue weighted by atomic mass is 9.39. The van der Waals surface area contributed by atoms with E-state index >= 15 is 0 Å². The zero-order valence-corrected chi connectivity index (χ0v) is 15.7. The molecule has 33 heavy (non-hydrogen) atoms. The quantitative estimate of drug-likeness (QED) is 0.251. The Balaban J connectivity index is 2.41. The average molecular weight is 541 g/mol. The van der Waals surface area contributed by atoms with Crippen LogP contribution in [0, 0.1) is 0 Å². The van der Waals surface area contributed by atoms with Gasteiger partial charge in [-0.25, -0.2) is 8.78 Å². The predicted octanol–water partition coefficient (Wildman–Crippen LogP) is 3.52. The minimum absolute atomic E-state index is 1.03. The molecule has 0 aromatic carbocycles. The van der Waals surface area contributed by atoms with Gasteiger partial charge < -0.3 is 14.6 Å². The summed E-state index contributed by atoms with van der Waals surface area (Å²) in [6.07, 6.45) is 0. The van der Waals surface area contributed by atoms with Crippen LogP contribution in [0.4, 0.5) is 61.5 Å². The molecule has 4 aliphatic carbocycles. The van der Waals surface area contributed by atoms with Gasteiger partial charge in [0, 0.05) is 0 Å². The van der Waals surface area contributed by atoms with Gasteiger partial charge in [-0.2, -0.15) is 52.7 Å². The number of aliphatic hydroxyl groups is 1. The second kappa shape index (κ2) is 6.09. The summed E-state index contributed by atoms with van der Waals surface area (Å²) < 4.78 is 211. The van der Waals surface area contributed by atoms with Crippen molar-refractivity contribution in [2.24, 2.45) is 0 Å². The number of hydrogen-bond donors (Lipinski definition) is 1. The maximum Gasteiger partial charge on any atom is 0.339 e.